The lowest BCUT2D eigenvalue weighted by molar-refractivity contribution is 0.299. The Morgan fingerprint density at radius 3 is 2.59 bits per heavy atom. The van der Waals surface area contributed by atoms with Gasteiger partial charge in [-0.1, -0.05) is 38.3 Å². The highest BCUT2D eigenvalue weighted by Crippen LogP contribution is 2.09. The second-order valence-electron chi connectivity index (χ2n) is 5.46. The van der Waals surface area contributed by atoms with Crippen molar-refractivity contribution in [1.82, 2.24) is 4.57 Å². The number of nitrogens with two attached hydrogens (primary N) is 1. The second-order valence-corrected chi connectivity index (χ2v) is 5.46. The van der Waals surface area contributed by atoms with Crippen LogP contribution in [-0.4, -0.2) is 11.2 Å². The average molecular weight is 300 g/mol. The number of ether oxygens (including phenoxy) is 1. The second kappa shape index (κ2) is 8.27. The molecule has 1 aromatic carbocycles. The molecule has 0 unspecified atom stereocenters. The number of hydrogen-bond donors (Lipinski definition) is 1. The van der Waals surface area contributed by atoms with Crippen molar-refractivity contribution in [3.05, 3.63) is 58.5 Å². The summed E-state index contributed by atoms with van der Waals surface area (Å²) in [6, 6.07) is 11.1. The van der Waals surface area contributed by atoms with Gasteiger partial charge in [0.15, 0.2) is 5.75 Å². The Bertz CT molecular complexity index is 632. The average Bonchev–Trinajstić information content (AvgIpc) is 2.52. The number of anilines is 1. The Morgan fingerprint density at radius 2 is 1.86 bits per heavy atom. The van der Waals surface area contributed by atoms with Gasteiger partial charge < -0.3 is 15.0 Å². The van der Waals surface area contributed by atoms with E-state index in [1.165, 1.54) is 12.8 Å². The van der Waals surface area contributed by atoms with Crippen molar-refractivity contribution in [2.45, 2.75) is 39.2 Å². The molecule has 2 aromatic rings. The molecule has 0 saturated carbocycles. The molecule has 0 aliphatic rings. The predicted octanol–water partition coefficient (Wildman–Crippen LogP) is 3.44. The van der Waals surface area contributed by atoms with Gasteiger partial charge in [-0.25, -0.2) is 0 Å². The fourth-order valence-electron chi connectivity index (χ4n) is 2.28. The summed E-state index contributed by atoms with van der Waals surface area (Å²) >= 11 is 0. The van der Waals surface area contributed by atoms with Gasteiger partial charge in [-0.3, -0.25) is 4.79 Å². The topological polar surface area (TPSA) is 57.2 Å². The van der Waals surface area contributed by atoms with Gasteiger partial charge in [-0.2, -0.15) is 0 Å². The summed E-state index contributed by atoms with van der Waals surface area (Å²) in [6.07, 6.45) is 6.31. The van der Waals surface area contributed by atoms with Gasteiger partial charge in [0, 0.05) is 11.9 Å². The SMILES string of the molecule is CCCCCCOc1cccn(Cc2ccc(N)cc2)c1=O. The molecule has 2 rings (SSSR count). The molecule has 0 atom stereocenters. The van der Waals surface area contributed by atoms with Gasteiger partial charge in [0.05, 0.1) is 13.2 Å². The fourth-order valence-corrected chi connectivity index (χ4v) is 2.28. The van der Waals surface area contributed by atoms with E-state index in [2.05, 4.69) is 6.92 Å². The van der Waals surface area contributed by atoms with E-state index in [0.717, 1.165) is 24.1 Å². The molecule has 1 heterocycles. The number of nitrogen functional groups attached to an aromatic ring is 1. The predicted molar refractivity (Wildman–Crippen MR) is 90.3 cm³/mol. The minimum Gasteiger partial charge on any atom is -0.488 e. The molecule has 1 aromatic heterocycles. The number of unbranched alkanes of at least 4 members (excludes halogenated alkanes) is 3. The molecule has 22 heavy (non-hydrogen) atoms. The zero-order chi connectivity index (χ0) is 15.8. The number of benzene rings is 1. The Kier molecular flexibility index (Phi) is 6.07. The molecule has 0 bridgehead atoms. The molecule has 0 aliphatic heterocycles. The van der Waals surface area contributed by atoms with E-state index in [1.807, 2.05) is 30.3 Å². The van der Waals surface area contributed by atoms with Crippen molar-refractivity contribution >= 4 is 5.69 Å². The van der Waals surface area contributed by atoms with Gasteiger partial charge in [-0.15, -0.1) is 0 Å². The molecular formula is C18H24N2O2. The van der Waals surface area contributed by atoms with E-state index >= 15 is 0 Å². The van der Waals surface area contributed by atoms with E-state index in [9.17, 15) is 4.79 Å². The highest BCUT2D eigenvalue weighted by Gasteiger charge is 2.05. The minimum atomic E-state index is -0.0881. The summed E-state index contributed by atoms with van der Waals surface area (Å²) in [5.74, 6) is 0.425. The molecule has 2 N–H and O–H groups in total. The van der Waals surface area contributed by atoms with E-state index in [1.54, 1.807) is 16.8 Å². The number of aromatic nitrogens is 1. The molecule has 0 fully saturated rings. The smallest absolute Gasteiger partial charge is 0.293 e. The number of pyridine rings is 1. The van der Waals surface area contributed by atoms with Crippen LogP contribution in [0.1, 0.15) is 38.2 Å². The van der Waals surface area contributed by atoms with Crippen LogP contribution in [0, 0.1) is 0 Å². The van der Waals surface area contributed by atoms with E-state index in [-0.39, 0.29) is 5.56 Å². The molecule has 4 nitrogen and oxygen atoms in total. The summed E-state index contributed by atoms with van der Waals surface area (Å²) in [5.41, 5.74) is 7.35. The molecule has 0 aliphatic carbocycles. The Balaban J connectivity index is 1.99. The fraction of sp³-hybridized carbons (Fsp3) is 0.389. The van der Waals surface area contributed by atoms with Crippen molar-refractivity contribution < 1.29 is 4.74 Å². The highest BCUT2D eigenvalue weighted by atomic mass is 16.5. The summed E-state index contributed by atoms with van der Waals surface area (Å²) in [7, 11) is 0. The third-order valence-corrected chi connectivity index (χ3v) is 3.57. The van der Waals surface area contributed by atoms with Crippen LogP contribution >= 0.6 is 0 Å². The quantitative estimate of drug-likeness (QED) is 0.600. The van der Waals surface area contributed by atoms with Gasteiger partial charge in [0.1, 0.15) is 0 Å². The summed E-state index contributed by atoms with van der Waals surface area (Å²) in [5, 5.41) is 0. The van der Waals surface area contributed by atoms with Crippen LogP contribution in [0.3, 0.4) is 0 Å². The Labute approximate surface area is 131 Å². The lowest BCUT2D eigenvalue weighted by Crippen LogP contribution is -2.22. The first-order valence-corrected chi connectivity index (χ1v) is 7.87. The van der Waals surface area contributed by atoms with Gasteiger partial charge in [0.2, 0.25) is 0 Å². The maximum atomic E-state index is 12.4. The van der Waals surface area contributed by atoms with Crippen molar-refractivity contribution in [2.75, 3.05) is 12.3 Å². The minimum absolute atomic E-state index is 0.0881. The number of hydrogen-bond acceptors (Lipinski definition) is 3. The van der Waals surface area contributed by atoms with E-state index < -0.39 is 0 Å². The van der Waals surface area contributed by atoms with Crippen LogP contribution < -0.4 is 16.0 Å². The Hall–Kier alpha value is -2.23. The summed E-state index contributed by atoms with van der Waals surface area (Å²) < 4.78 is 7.29. The maximum absolute atomic E-state index is 12.4. The standard InChI is InChI=1S/C18H24N2O2/c1-2-3-4-5-13-22-17-7-6-12-20(18(17)21)14-15-8-10-16(19)11-9-15/h6-12H,2-5,13-14,19H2,1H3. The molecule has 0 spiro atoms. The van der Waals surface area contributed by atoms with Crippen LogP contribution in [-0.2, 0) is 6.54 Å². The summed E-state index contributed by atoms with van der Waals surface area (Å²) in [6.45, 7) is 3.29. The molecule has 0 amide bonds. The Morgan fingerprint density at radius 1 is 1.09 bits per heavy atom. The largest absolute Gasteiger partial charge is 0.488 e. The molecule has 118 valence electrons. The number of nitrogens with zero attached hydrogens (tertiary/aromatic N) is 1. The van der Waals surface area contributed by atoms with Crippen molar-refractivity contribution in [2.24, 2.45) is 0 Å². The number of rotatable bonds is 8. The van der Waals surface area contributed by atoms with E-state index in [4.69, 9.17) is 10.5 Å². The van der Waals surface area contributed by atoms with E-state index in [0.29, 0.717) is 18.9 Å². The van der Waals surface area contributed by atoms with Crippen LogP contribution in [0.5, 0.6) is 5.75 Å². The van der Waals surface area contributed by atoms with Gasteiger partial charge in [0.25, 0.3) is 5.56 Å². The first-order valence-electron chi connectivity index (χ1n) is 7.87. The summed E-state index contributed by atoms with van der Waals surface area (Å²) in [4.78, 5) is 12.4. The van der Waals surface area contributed by atoms with Crippen LogP contribution in [0.4, 0.5) is 5.69 Å². The zero-order valence-corrected chi connectivity index (χ0v) is 13.1. The molecule has 0 saturated heterocycles. The first-order chi connectivity index (χ1) is 10.7. The van der Waals surface area contributed by atoms with Crippen molar-refractivity contribution in [1.29, 1.82) is 0 Å². The van der Waals surface area contributed by atoms with Crippen molar-refractivity contribution in [3.8, 4) is 5.75 Å². The lowest BCUT2D eigenvalue weighted by atomic mass is 10.2. The first kappa shape index (κ1) is 16.1. The third kappa shape index (κ3) is 4.65. The van der Waals surface area contributed by atoms with Crippen LogP contribution in [0.25, 0.3) is 0 Å². The zero-order valence-electron chi connectivity index (χ0n) is 13.1. The molecular weight excluding hydrogens is 276 g/mol. The highest BCUT2D eigenvalue weighted by molar-refractivity contribution is 5.39. The normalized spacial score (nSPS) is 10.6. The van der Waals surface area contributed by atoms with Crippen molar-refractivity contribution in [3.63, 3.8) is 0 Å². The van der Waals surface area contributed by atoms with Crippen LogP contribution in [0.2, 0.25) is 0 Å². The van der Waals surface area contributed by atoms with Gasteiger partial charge >= 0.3 is 0 Å². The monoisotopic (exact) mass is 300 g/mol. The molecule has 0 radical (unpaired) electrons. The third-order valence-electron chi connectivity index (χ3n) is 3.57. The maximum Gasteiger partial charge on any atom is 0.293 e. The lowest BCUT2D eigenvalue weighted by Gasteiger charge is -2.10. The van der Waals surface area contributed by atoms with Crippen LogP contribution in [0.15, 0.2) is 47.4 Å². The molecule has 4 heteroatoms. The van der Waals surface area contributed by atoms with Gasteiger partial charge in [-0.05, 0) is 36.2 Å².